The minimum Gasteiger partial charge on any atom is -0.381 e. The van der Waals surface area contributed by atoms with Gasteiger partial charge in [0.2, 0.25) is 0 Å². The Labute approximate surface area is 146 Å². The normalized spacial score (nSPS) is 18.5. The number of nitrogens with two attached hydrogens (primary N) is 1. The molecule has 2 aliphatic rings. The lowest BCUT2D eigenvalue weighted by Gasteiger charge is -2.26. The molecule has 2 fully saturated rings. The van der Waals surface area contributed by atoms with E-state index in [0.29, 0.717) is 11.5 Å². The molecule has 0 bridgehead atoms. The van der Waals surface area contributed by atoms with E-state index in [-0.39, 0.29) is 11.9 Å². The highest BCUT2D eigenvalue weighted by atomic mass is 16.5. The molecule has 0 spiro atoms. The molecule has 2 aromatic rings. The molecule has 0 aromatic carbocycles. The third kappa shape index (κ3) is 2.96. The fraction of sp³-hybridized carbons (Fsp3) is 0.588. The minimum absolute atomic E-state index is 0.265. The summed E-state index contributed by atoms with van der Waals surface area (Å²) in [6.07, 6.45) is 5.72. The van der Waals surface area contributed by atoms with Crippen molar-refractivity contribution >= 4 is 22.6 Å². The van der Waals surface area contributed by atoms with Crippen molar-refractivity contribution in [3.05, 3.63) is 17.5 Å². The summed E-state index contributed by atoms with van der Waals surface area (Å²) in [5.74, 6) is 5.50. The molecule has 1 aliphatic heterocycles. The molecule has 3 heterocycles. The smallest absolute Gasteiger partial charge is 0.269 e. The summed E-state index contributed by atoms with van der Waals surface area (Å²) in [6.45, 7) is 4.23. The van der Waals surface area contributed by atoms with Gasteiger partial charge in [0, 0.05) is 31.7 Å². The monoisotopic (exact) mass is 344 g/mol. The first-order valence-corrected chi connectivity index (χ1v) is 8.97. The summed E-state index contributed by atoms with van der Waals surface area (Å²) in [6, 6.07) is 0.265. The molecular weight excluding hydrogens is 320 g/mol. The quantitative estimate of drug-likeness (QED) is 0.431. The zero-order chi connectivity index (χ0) is 17.4. The number of fused-ring (bicyclic) bond motifs is 1. The average molecular weight is 344 g/mol. The van der Waals surface area contributed by atoms with Crippen LogP contribution in [-0.4, -0.2) is 39.9 Å². The van der Waals surface area contributed by atoms with Crippen LogP contribution in [0.5, 0.6) is 0 Å². The number of nitrogens with one attached hydrogen (secondary N) is 2. The fourth-order valence-corrected chi connectivity index (χ4v) is 3.49. The number of hydrogen-bond donors (Lipinski definition) is 3. The first-order valence-electron chi connectivity index (χ1n) is 8.97. The van der Waals surface area contributed by atoms with Crippen LogP contribution in [0.1, 0.15) is 54.6 Å². The van der Waals surface area contributed by atoms with E-state index in [1.165, 1.54) is 0 Å². The molecule has 0 atom stereocenters. The number of nitrogen functional groups attached to an aromatic ring is 1. The third-order valence-electron chi connectivity index (χ3n) is 5.00. The molecule has 4 rings (SSSR count). The molecule has 1 aliphatic carbocycles. The van der Waals surface area contributed by atoms with E-state index in [2.05, 4.69) is 15.8 Å². The topological polar surface area (TPSA) is 107 Å². The van der Waals surface area contributed by atoms with Gasteiger partial charge in [0.15, 0.2) is 5.65 Å². The van der Waals surface area contributed by atoms with Crippen LogP contribution in [-0.2, 0) is 11.3 Å². The van der Waals surface area contributed by atoms with Gasteiger partial charge < -0.3 is 10.1 Å². The van der Waals surface area contributed by atoms with Crippen molar-refractivity contribution in [2.24, 2.45) is 5.84 Å². The maximum Gasteiger partial charge on any atom is 0.269 e. The number of nitrogens with zero attached hydrogens (tertiary/aromatic N) is 3. The number of carbonyl (C=O) groups is 1. The Morgan fingerprint density at radius 1 is 1.36 bits per heavy atom. The number of aromatic nitrogens is 3. The van der Waals surface area contributed by atoms with Gasteiger partial charge in [0.05, 0.1) is 28.5 Å². The Balaban J connectivity index is 1.88. The number of amides is 1. The predicted molar refractivity (Wildman–Crippen MR) is 94.3 cm³/mol. The molecule has 0 unspecified atom stereocenters. The van der Waals surface area contributed by atoms with Gasteiger partial charge in [-0.2, -0.15) is 5.10 Å². The minimum atomic E-state index is -0.296. The Morgan fingerprint density at radius 3 is 2.76 bits per heavy atom. The Morgan fingerprint density at radius 2 is 2.12 bits per heavy atom. The molecule has 8 nitrogen and oxygen atoms in total. The Kier molecular flexibility index (Phi) is 4.30. The lowest BCUT2D eigenvalue weighted by molar-refractivity contribution is 0.0904. The summed E-state index contributed by atoms with van der Waals surface area (Å²) in [5.41, 5.74) is 5.33. The van der Waals surface area contributed by atoms with E-state index in [9.17, 15) is 4.79 Å². The lowest BCUT2D eigenvalue weighted by atomic mass is 10.0. The second kappa shape index (κ2) is 6.61. The van der Waals surface area contributed by atoms with Crippen molar-refractivity contribution in [2.45, 2.75) is 51.1 Å². The number of hydrazine groups is 1. The van der Waals surface area contributed by atoms with Gasteiger partial charge in [-0.3, -0.25) is 10.2 Å². The number of ether oxygens (including phenoxy) is 1. The van der Waals surface area contributed by atoms with E-state index >= 15 is 0 Å². The van der Waals surface area contributed by atoms with Gasteiger partial charge in [-0.15, -0.1) is 0 Å². The highest BCUT2D eigenvalue weighted by Gasteiger charge is 2.34. The SMILES string of the molecule is CCn1ncc2c(NC3CCOCC3)c(C(=O)NN)c(C3CC3)nc21. The first kappa shape index (κ1) is 16.3. The first-order chi connectivity index (χ1) is 12.2. The lowest BCUT2D eigenvalue weighted by Crippen LogP contribution is -2.34. The summed E-state index contributed by atoms with van der Waals surface area (Å²) in [7, 11) is 0. The largest absolute Gasteiger partial charge is 0.381 e. The summed E-state index contributed by atoms with van der Waals surface area (Å²) >= 11 is 0. The maximum absolute atomic E-state index is 12.6. The number of rotatable bonds is 5. The Bertz CT molecular complexity index is 792. The summed E-state index contributed by atoms with van der Waals surface area (Å²) in [4.78, 5) is 17.4. The van der Waals surface area contributed by atoms with Crippen LogP contribution in [0.25, 0.3) is 11.0 Å². The zero-order valence-electron chi connectivity index (χ0n) is 14.4. The van der Waals surface area contributed by atoms with Crippen molar-refractivity contribution in [1.29, 1.82) is 0 Å². The fourth-order valence-electron chi connectivity index (χ4n) is 3.49. The molecule has 8 heteroatoms. The molecule has 4 N–H and O–H groups in total. The van der Waals surface area contributed by atoms with Crippen LogP contribution >= 0.6 is 0 Å². The molecule has 134 valence electrons. The molecule has 1 saturated heterocycles. The number of carbonyl (C=O) groups excluding carboxylic acids is 1. The van der Waals surface area contributed by atoms with Crippen LogP contribution in [0.3, 0.4) is 0 Å². The number of hydrogen-bond acceptors (Lipinski definition) is 6. The van der Waals surface area contributed by atoms with Gasteiger partial charge in [0.25, 0.3) is 5.91 Å². The van der Waals surface area contributed by atoms with Crippen LogP contribution in [0.4, 0.5) is 5.69 Å². The molecule has 1 amide bonds. The molecule has 1 saturated carbocycles. The molecular formula is C17H24N6O2. The van der Waals surface area contributed by atoms with Crippen molar-refractivity contribution in [3.63, 3.8) is 0 Å². The highest BCUT2D eigenvalue weighted by Crippen LogP contribution is 2.44. The Hall–Kier alpha value is -2.19. The second-order valence-electron chi connectivity index (χ2n) is 6.72. The van der Waals surface area contributed by atoms with Crippen LogP contribution < -0.4 is 16.6 Å². The van der Waals surface area contributed by atoms with E-state index in [4.69, 9.17) is 15.6 Å². The van der Waals surface area contributed by atoms with Gasteiger partial charge in [-0.25, -0.2) is 15.5 Å². The molecule has 25 heavy (non-hydrogen) atoms. The number of pyridine rings is 1. The van der Waals surface area contributed by atoms with Crippen LogP contribution in [0, 0.1) is 0 Å². The van der Waals surface area contributed by atoms with Crippen molar-refractivity contribution in [3.8, 4) is 0 Å². The zero-order valence-corrected chi connectivity index (χ0v) is 14.4. The predicted octanol–water partition coefficient (Wildman–Crippen LogP) is 1.52. The van der Waals surface area contributed by atoms with Crippen LogP contribution in [0.15, 0.2) is 6.20 Å². The average Bonchev–Trinajstić information content (AvgIpc) is 3.41. The maximum atomic E-state index is 12.6. The standard InChI is InChI=1S/C17H24N6O2/c1-2-23-16-12(9-19-23)15(20-11-5-7-25-8-6-11)13(17(24)22-18)14(21-16)10-3-4-10/h9-11H,2-8,18H2,1H3,(H,20,21)(H,22,24). The van der Waals surface area contributed by atoms with Crippen molar-refractivity contribution < 1.29 is 9.53 Å². The van der Waals surface area contributed by atoms with Gasteiger partial charge >= 0.3 is 0 Å². The molecule has 0 radical (unpaired) electrons. The van der Waals surface area contributed by atoms with Crippen molar-refractivity contribution in [1.82, 2.24) is 20.2 Å². The van der Waals surface area contributed by atoms with Gasteiger partial charge in [-0.1, -0.05) is 0 Å². The highest BCUT2D eigenvalue weighted by molar-refractivity contribution is 6.07. The molecule has 2 aromatic heterocycles. The third-order valence-corrected chi connectivity index (χ3v) is 5.00. The number of anilines is 1. The second-order valence-corrected chi connectivity index (χ2v) is 6.72. The number of aryl methyl sites for hydroxylation is 1. The van der Waals surface area contributed by atoms with Crippen molar-refractivity contribution in [2.75, 3.05) is 18.5 Å². The van der Waals surface area contributed by atoms with E-state index in [1.54, 1.807) is 6.20 Å². The van der Waals surface area contributed by atoms with E-state index < -0.39 is 0 Å². The summed E-state index contributed by atoms with van der Waals surface area (Å²) in [5, 5.41) is 8.89. The van der Waals surface area contributed by atoms with Gasteiger partial charge in [-0.05, 0) is 32.6 Å². The van der Waals surface area contributed by atoms with E-state index in [1.807, 2.05) is 11.6 Å². The van der Waals surface area contributed by atoms with Crippen LogP contribution in [0.2, 0.25) is 0 Å². The summed E-state index contributed by atoms with van der Waals surface area (Å²) < 4.78 is 7.32. The van der Waals surface area contributed by atoms with E-state index in [0.717, 1.165) is 67.9 Å². The van der Waals surface area contributed by atoms with Gasteiger partial charge in [0.1, 0.15) is 0 Å².